The zero-order chi connectivity index (χ0) is 17.8. The van der Waals surface area contributed by atoms with E-state index in [2.05, 4.69) is 0 Å². The largest absolute Gasteiger partial charge is 0.497 e. The number of methoxy groups -OCH3 is 1. The van der Waals surface area contributed by atoms with Crippen molar-refractivity contribution in [3.63, 3.8) is 0 Å². The highest BCUT2D eigenvalue weighted by atomic mass is 32.2. The highest BCUT2D eigenvalue weighted by molar-refractivity contribution is 8.27. The molecule has 0 radical (unpaired) electrons. The summed E-state index contributed by atoms with van der Waals surface area (Å²) in [6, 6.07) is 14.9. The highest BCUT2D eigenvalue weighted by Gasteiger charge is 2.33. The van der Waals surface area contributed by atoms with Crippen LogP contribution in [0.5, 0.6) is 11.5 Å². The van der Waals surface area contributed by atoms with Crippen LogP contribution in [0, 0.1) is 0 Å². The van der Waals surface area contributed by atoms with Crippen LogP contribution in [0.15, 0.2) is 53.4 Å². The van der Waals surface area contributed by atoms with Crippen molar-refractivity contribution < 1.29 is 14.3 Å². The van der Waals surface area contributed by atoms with Crippen molar-refractivity contribution in [3.05, 3.63) is 59.0 Å². The Kier molecular flexibility index (Phi) is 5.40. The number of hydrogen-bond donors (Lipinski definition) is 0. The molecule has 4 nitrogen and oxygen atoms in total. The fourth-order valence-corrected chi connectivity index (χ4v) is 3.73. The lowest BCUT2D eigenvalue weighted by atomic mass is 10.2. The number of carbonyl (C=O) groups is 1. The third-order valence-electron chi connectivity index (χ3n) is 3.59. The van der Waals surface area contributed by atoms with Crippen LogP contribution in [0.2, 0.25) is 0 Å². The minimum atomic E-state index is -0.123. The molecule has 1 fully saturated rings. The second kappa shape index (κ2) is 7.72. The van der Waals surface area contributed by atoms with Crippen LogP contribution in [0.25, 0.3) is 6.08 Å². The maximum Gasteiger partial charge on any atom is 0.270 e. The summed E-state index contributed by atoms with van der Waals surface area (Å²) in [5.74, 6) is 1.39. The van der Waals surface area contributed by atoms with E-state index in [0.29, 0.717) is 15.8 Å². The Morgan fingerprint density at radius 1 is 1.16 bits per heavy atom. The number of benzene rings is 2. The summed E-state index contributed by atoms with van der Waals surface area (Å²) in [5.41, 5.74) is 1.64. The fourth-order valence-electron chi connectivity index (χ4n) is 2.43. The predicted molar refractivity (Wildman–Crippen MR) is 106 cm³/mol. The maximum atomic E-state index is 12.8. The van der Waals surface area contributed by atoms with Gasteiger partial charge in [-0.25, -0.2) is 0 Å². The van der Waals surface area contributed by atoms with Gasteiger partial charge in [-0.05, 0) is 55.0 Å². The molecule has 1 amide bonds. The molecule has 0 unspecified atom stereocenters. The van der Waals surface area contributed by atoms with E-state index in [0.717, 1.165) is 22.7 Å². The van der Waals surface area contributed by atoms with Crippen molar-refractivity contribution in [1.82, 2.24) is 0 Å². The van der Waals surface area contributed by atoms with Gasteiger partial charge in [0.15, 0.2) is 4.32 Å². The van der Waals surface area contributed by atoms with Crippen LogP contribution in [-0.2, 0) is 4.79 Å². The standard InChI is InChI=1S/C19H17NO3S2/c1-3-23-16-6-4-5-13(11-16)12-17-18(21)20(19(24)25-17)14-7-9-15(22-2)10-8-14/h4-12H,3H2,1-2H3/b17-12+. The number of hydrogen-bond acceptors (Lipinski definition) is 5. The van der Waals surface area contributed by atoms with Crippen LogP contribution in [0.3, 0.4) is 0 Å². The number of thiocarbonyl (C=S) groups is 1. The molecule has 6 heteroatoms. The summed E-state index contributed by atoms with van der Waals surface area (Å²) < 4.78 is 11.2. The van der Waals surface area contributed by atoms with Crippen LogP contribution in [0.4, 0.5) is 5.69 Å². The van der Waals surface area contributed by atoms with E-state index in [1.807, 2.05) is 61.5 Å². The van der Waals surface area contributed by atoms with Crippen molar-refractivity contribution in [1.29, 1.82) is 0 Å². The van der Waals surface area contributed by atoms with Gasteiger partial charge in [0.1, 0.15) is 11.5 Å². The smallest absolute Gasteiger partial charge is 0.270 e. The van der Waals surface area contributed by atoms with Gasteiger partial charge in [0.05, 0.1) is 24.3 Å². The molecular formula is C19H17NO3S2. The summed E-state index contributed by atoms with van der Waals surface area (Å²) in [5, 5.41) is 0. The Labute approximate surface area is 156 Å². The van der Waals surface area contributed by atoms with Gasteiger partial charge in [0.2, 0.25) is 0 Å². The molecule has 1 aliphatic heterocycles. The first-order valence-corrected chi connectivity index (χ1v) is 8.99. The second-order valence-electron chi connectivity index (χ2n) is 5.22. The van der Waals surface area contributed by atoms with E-state index in [-0.39, 0.29) is 5.91 Å². The lowest BCUT2D eigenvalue weighted by Gasteiger charge is -2.14. The van der Waals surface area contributed by atoms with Crippen molar-refractivity contribution >= 4 is 46.0 Å². The normalized spacial score (nSPS) is 15.8. The number of ether oxygens (including phenoxy) is 2. The molecule has 1 saturated heterocycles. The SMILES string of the molecule is CCOc1cccc(/C=C2/SC(=S)N(c3ccc(OC)cc3)C2=O)c1. The van der Waals surface area contributed by atoms with Crippen LogP contribution >= 0.6 is 24.0 Å². The predicted octanol–water partition coefficient (Wildman–Crippen LogP) is 4.50. The zero-order valence-electron chi connectivity index (χ0n) is 13.9. The Bertz CT molecular complexity index is 831. The average Bonchev–Trinajstić information content (AvgIpc) is 2.89. The number of amides is 1. The molecule has 0 N–H and O–H groups in total. The lowest BCUT2D eigenvalue weighted by molar-refractivity contribution is -0.113. The summed E-state index contributed by atoms with van der Waals surface area (Å²) in [6.07, 6.45) is 1.84. The molecule has 0 saturated carbocycles. The molecule has 2 aromatic carbocycles. The Morgan fingerprint density at radius 3 is 2.60 bits per heavy atom. The summed E-state index contributed by atoms with van der Waals surface area (Å²) in [6.45, 7) is 2.54. The number of nitrogens with zero attached hydrogens (tertiary/aromatic N) is 1. The molecule has 0 bridgehead atoms. The molecule has 0 aromatic heterocycles. The molecule has 128 valence electrons. The Balaban J connectivity index is 1.86. The first kappa shape index (κ1) is 17.5. The van der Waals surface area contributed by atoms with Crippen LogP contribution in [-0.4, -0.2) is 23.9 Å². The van der Waals surface area contributed by atoms with E-state index in [4.69, 9.17) is 21.7 Å². The van der Waals surface area contributed by atoms with Gasteiger partial charge in [-0.15, -0.1) is 0 Å². The molecule has 0 atom stereocenters. The Hall–Kier alpha value is -2.31. The van der Waals surface area contributed by atoms with Gasteiger partial charge in [-0.1, -0.05) is 36.1 Å². The molecule has 3 rings (SSSR count). The minimum absolute atomic E-state index is 0.123. The van der Waals surface area contributed by atoms with Crippen LogP contribution < -0.4 is 14.4 Å². The van der Waals surface area contributed by atoms with Gasteiger partial charge in [-0.3, -0.25) is 9.69 Å². The number of rotatable bonds is 5. The van der Waals surface area contributed by atoms with Crippen molar-refractivity contribution in [2.45, 2.75) is 6.92 Å². The molecule has 2 aromatic rings. The highest BCUT2D eigenvalue weighted by Crippen LogP contribution is 2.36. The van der Waals surface area contributed by atoms with E-state index in [1.165, 1.54) is 16.7 Å². The van der Waals surface area contributed by atoms with E-state index in [1.54, 1.807) is 7.11 Å². The van der Waals surface area contributed by atoms with Gasteiger partial charge >= 0.3 is 0 Å². The molecule has 0 aliphatic carbocycles. The quantitative estimate of drug-likeness (QED) is 0.572. The molecule has 0 spiro atoms. The monoisotopic (exact) mass is 371 g/mol. The van der Waals surface area contributed by atoms with E-state index in [9.17, 15) is 4.79 Å². The maximum absolute atomic E-state index is 12.8. The molecule has 1 aliphatic rings. The van der Waals surface area contributed by atoms with Gasteiger partial charge in [0, 0.05) is 0 Å². The Morgan fingerprint density at radius 2 is 1.92 bits per heavy atom. The average molecular weight is 371 g/mol. The van der Waals surface area contributed by atoms with E-state index < -0.39 is 0 Å². The molecular weight excluding hydrogens is 354 g/mol. The van der Waals surface area contributed by atoms with Crippen molar-refractivity contribution in [2.24, 2.45) is 0 Å². The summed E-state index contributed by atoms with van der Waals surface area (Å²) in [7, 11) is 1.60. The number of thioether (sulfide) groups is 1. The third-order valence-corrected chi connectivity index (χ3v) is 4.89. The summed E-state index contributed by atoms with van der Waals surface area (Å²) in [4.78, 5) is 14.9. The first-order valence-electron chi connectivity index (χ1n) is 7.77. The van der Waals surface area contributed by atoms with E-state index >= 15 is 0 Å². The van der Waals surface area contributed by atoms with Crippen molar-refractivity contribution in [3.8, 4) is 11.5 Å². The van der Waals surface area contributed by atoms with Crippen molar-refractivity contribution in [2.75, 3.05) is 18.6 Å². The van der Waals surface area contributed by atoms with Crippen LogP contribution in [0.1, 0.15) is 12.5 Å². The lowest BCUT2D eigenvalue weighted by Crippen LogP contribution is -2.27. The fraction of sp³-hybridized carbons (Fsp3) is 0.158. The molecule has 25 heavy (non-hydrogen) atoms. The third kappa shape index (κ3) is 3.86. The van der Waals surface area contributed by atoms with Gasteiger partial charge in [-0.2, -0.15) is 0 Å². The first-order chi connectivity index (χ1) is 12.1. The van der Waals surface area contributed by atoms with Gasteiger partial charge in [0.25, 0.3) is 5.91 Å². The number of anilines is 1. The minimum Gasteiger partial charge on any atom is -0.497 e. The second-order valence-corrected chi connectivity index (χ2v) is 6.90. The topological polar surface area (TPSA) is 38.8 Å². The number of carbonyl (C=O) groups excluding carboxylic acids is 1. The zero-order valence-corrected chi connectivity index (χ0v) is 15.5. The summed E-state index contributed by atoms with van der Waals surface area (Å²) >= 11 is 6.69. The molecule has 1 heterocycles. The van der Waals surface area contributed by atoms with Gasteiger partial charge < -0.3 is 9.47 Å².